The van der Waals surface area contributed by atoms with Crippen LogP contribution in [0.4, 0.5) is 20.3 Å². The highest BCUT2D eigenvalue weighted by molar-refractivity contribution is 7.89. The number of carbonyl (C=O) groups is 3. The minimum atomic E-state index is -4.31. The SMILES string of the molecule is CC(C)(C)OC(=O)NC(Cc1ccccc1)C(O)CNOC1CCCC1.COC(=O)Nc1nc2ccc(S(=O)(=O)N(C[C@@H](O)[C@H](Cc3ccccc3)NC(=O)OC(C)(C)C)OC3CCCC3)cc2[nH]1. The van der Waals surface area contributed by atoms with Crippen LogP contribution in [-0.2, 0) is 46.8 Å². The zero-order chi connectivity index (χ0) is 50.2. The lowest BCUT2D eigenvalue weighted by atomic mass is 10.0. The molecule has 380 valence electrons. The van der Waals surface area contributed by atoms with E-state index < -0.39 is 70.3 Å². The van der Waals surface area contributed by atoms with E-state index in [1.165, 1.54) is 38.2 Å². The maximum absolute atomic E-state index is 14.0. The quantitative estimate of drug-likeness (QED) is 0.0368. The topological polar surface area (TPSA) is 252 Å². The third-order valence-corrected chi connectivity index (χ3v) is 12.7. The van der Waals surface area contributed by atoms with E-state index >= 15 is 0 Å². The third-order valence-electron chi connectivity index (χ3n) is 11.1. The monoisotopic (exact) mass is 981 g/mol. The number of nitrogens with zero attached hydrogens (tertiary/aromatic N) is 2. The predicted molar refractivity (Wildman–Crippen MR) is 259 cm³/mol. The van der Waals surface area contributed by atoms with Crippen molar-refractivity contribution >= 4 is 45.3 Å². The minimum Gasteiger partial charge on any atom is -0.453 e. The molecule has 2 fully saturated rings. The average molecular weight is 982 g/mol. The molecule has 4 aromatic rings. The van der Waals surface area contributed by atoms with Crippen LogP contribution in [0, 0.1) is 0 Å². The number of hydrogen-bond donors (Lipinski definition) is 7. The van der Waals surface area contributed by atoms with Crippen LogP contribution in [0.2, 0.25) is 0 Å². The number of amides is 3. The summed E-state index contributed by atoms with van der Waals surface area (Å²) in [5.74, 6) is 0.0860. The smallest absolute Gasteiger partial charge is 0.413 e. The first kappa shape index (κ1) is 54.6. The minimum absolute atomic E-state index is 0.0860. The highest BCUT2D eigenvalue weighted by atomic mass is 32.2. The number of aromatic nitrogens is 2. The molecule has 2 unspecified atom stereocenters. The van der Waals surface area contributed by atoms with Gasteiger partial charge in [0.1, 0.15) is 11.2 Å². The second kappa shape index (κ2) is 25.5. The largest absolute Gasteiger partial charge is 0.453 e. The van der Waals surface area contributed by atoms with Gasteiger partial charge in [0.25, 0.3) is 10.0 Å². The summed E-state index contributed by atoms with van der Waals surface area (Å²) >= 11 is 0. The number of benzene rings is 3. The molecule has 69 heavy (non-hydrogen) atoms. The number of aromatic amines is 1. The zero-order valence-corrected chi connectivity index (χ0v) is 41.6. The Balaban J connectivity index is 0.000000292. The van der Waals surface area contributed by atoms with Gasteiger partial charge in [0.2, 0.25) is 5.95 Å². The molecule has 2 aliphatic carbocycles. The van der Waals surface area contributed by atoms with E-state index in [1.54, 1.807) is 20.8 Å². The van der Waals surface area contributed by atoms with Gasteiger partial charge >= 0.3 is 18.3 Å². The molecule has 0 aliphatic heterocycles. The fraction of sp³-hybridized carbons (Fsp3) is 0.551. The lowest BCUT2D eigenvalue weighted by molar-refractivity contribution is -0.145. The van der Waals surface area contributed by atoms with E-state index in [0.717, 1.165) is 41.3 Å². The van der Waals surface area contributed by atoms with Crippen molar-refractivity contribution < 1.29 is 56.9 Å². The molecular weight excluding hydrogens is 911 g/mol. The summed E-state index contributed by atoms with van der Waals surface area (Å²) in [6.07, 6.45) is 4.03. The Morgan fingerprint density at radius 2 is 1.25 bits per heavy atom. The van der Waals surface area contributed by atoms with Gasteiger partial charge in [-0.2, -0.15) is 5.48 Å². The fourth-order valence-corrected chi connectivity index (χ4v) is 9.06. The number of sulfonamides is 1. The van der Waals surface area contributed by atoms with Gasteiger partial charge < -0.3 is 40.0 Å². The van der Waals surface area contributed by atoms with Crippen LogP contribution in [-0.4, -0.2) is 119 Å². The molecule has 4 atom stereocenters. The average Bonchev–Trinajstić information content (AvgIpc) is 4.08. The van der Waals surface area contributed by atoms with E-state index in [2.05, 4.69) is 36.1 Å². The maximum Gasteiger partial charge on any atom is 0.413 e. The zero-order valence-electron chi connectivity index (χ0n) is 40.7. The van der Waals surface area contributed by atoms with Crippen molar-refractivity contribution in [2.75, 3.05) is 25.5 Å². The second-order valence-electron chi connectivity index (χ2n) is 19.3. The van der Waals surface area contributed by atoms with Gasteiger partial charge in [-0.15, -0.1) is 0 Å². The number of imidazole rings is 1. The van der Waals surface area contributed by atoms with Crippen molar-refractivity contribution in [3.8, 4) is 0 Å². The number of anilines is 1. The summed E-state index contributed by atoms with van der Waals surface area (Å²) in [7, 11) is -3.10. The molecule has 20 heteroatoms. The summed E-state index contributed by atoms with van der Waals surface area (Å²) < 4.78 is 44.1. The maximum atomic E-state index is 14.0. The predicted octanol–water partition coefficient (Wildman–Crippen LogP) is 7.05. The third kappa shape index (κ3) is 18.5. The Bertz CT molecular complexity index is 2330. The standard InChI is InChI=1S/C29H39N5O8S.C20H32N2O4/c1-29(2,3)41-28(37)32-24(16-19-10-6-5-7-11-19)25(35)18-34(42-20-12-8-9-13-20)43(38,39)21-14-15-22-23(17-21)31-26(30-22)33-27(36)40-4;1-20(2,3)25-19(24)22-17(13-15-9-5-4-6-10-15)18(23)14-21-26-16-11-7-8-12-16/h5-7,10-11,14-15,17,20,24-25,35H,8-9,12-13,16,18H2,1-4H3,(H,32,37)(H2,30,31,33,36);4-6,9-10,16-18,21,23H,7-8,11-14H2,1-3H3,(H,22,24)/t24-,25+;/m0./s1. The Morgan fingerprint density at radius 3 is 1.75 bits per heavy atom. The molecule has 0 spiro atoms. The summed E-state index contributed by atoms with van der Waals surface area (Å²) in [4.78, 5) is 55.0. The van der Waals surface area contributed by atoms with Crippen molar-refractivity contribution in [3.05, 3.63) is 90.0 Å². The molecule has 2 aliphatic rings. The van der Waals surface area contributed by atoms with Crippen LogP contribution in [0.3, 0.4) is 0 Å². The number of nitrogens with one attached hydrogen (secondary N) is 5. The molecule has 1 heterocycles. The van der Waals surface area contributed by atoms with Gasteiger partial charge in [-0.3, -0.25) is 15.0 Å². The number of aliphatic hydroxyl groups is 2. The summed E-state index contributed by atoms with van der Waals surface area (Å²) in [5, 5.41) is 29.9. The van der Waals surface area contributed by atoms with Crippen molar-refractivity contribution in [2.45, 2.75) is 158 Å². The van der Waals surface area contributed by atoms with Gasteiger partial charge in [0, 0.05) is 6.54 Å². The van der Waals surface area contributed by atoms with Crippen LogP contribution in [0.25, 0.3) is 11.0 Å². The normalized spacial score (nSPS) is 16.5. The number of hydrogen-bond acceptors (Lipinski definition) is 14. The van der Waals surface area contributed by atoms with E-state index in [0.29, 0.717) is 30.3 Å². The van der Waals surface area contributed by atoms with Crippen molar-refractivity contribution in [3.63, 3.8) is 0 Å². The number of carbonyl (C=O) groups excluding carboxylic acids is 3. The molecular formula is C49H71N7O12S. The summed E-state index contributed by atoms with van der Waals surface area (Å²) in [6, 6.07) is 21.8. The first-order valence-corrected chi connectivity index (χ1v) is 25.0. The van der Waals surface area contributed by atoms with Crippen LogP contribution in [0.5, 0.6) is 0 Å². The molecule has 1 aromatic heterocycles. The van der Waals surface area contributed by atoms with Gasteiger partial charge in [0.05, 0.1) is 66.1 Å². The summed E-state index contributed by atoms with van der Waals surface area (Å²) in [5.41, 5.74) is 4.14. The van der Waals surface area contributed by atoms with Gasteiger partial charge in [-0.1, -0.05) is 90.8 Å². The molecule has 2 saturated carbocycles. The van der Waals surface area contributed by atoms with E-state index in [9.17, 15) is 33.0 Å². The van der Waals surface area contributed by atoms with E-state index in [-0.39, 0.29) is 36.0 Å². The van der Waals surface area contributed by atoms with E-state index in [1.807, 2.05) is 81.4 Å². The Morgan fingerprint density at radius 1 is 0.739 bits per heavy atom. The van der Waals surface area contributed by atoms with Crippen molar-refractivity contribution in [2.24, 2.45) is 0 Å². The van der Waals surface area contributed by atoms with Gasteiger partial charge in [-0.05, 0) is 109 Å². The lowest BCUT2D eigenvalue weighted by Gasteiger charge is -2.31. The Kier molecular flexibility index (Phi) is 20.2. The number of aliphatic hydroxyl groups excluding tert-OH is 2. The van der Waals surface area contributed by atoms with Gasteiger partial charge in [0.15, 0.2) is 0 Å². The molecule has 3 aromatic carbocycles. The number of ether oxygens (including phenoxy) is 3. The molecule has 19 nitrogen and oxygen atoms in total. The molecule has 3 amide bonds. The van der Waals surface area contributed by atoms with Crippen molar-refractivity contribution in [1.82, 2.24) is 30.6 Å². The number of fused-ring (bicyclic) bond motifs is 1. The van der Waals surface area contributed by atoms with Crippen molar-refractivity contribution in [1.29, 1.82) is 0 Å². The Hall–Kier alpha value is -5.35. The highest BCUT2D eigenvalue weighted by Crippen LogP contribution is 2.28. The van der Waals surface area contributed by atoms with Crippen LogP contribution in [0.15, 0.2) is 83.8 Å². The number of alkyl carbamates (subject to hydrolysis) is 2. The van der Waals surface area contributed by atoms with E-state index in [4.69, 9.17) is 19.1 Å². The number of methoxy groups -OCH3 is 1. The summed E-state index contributed by atoms with van der Waals surface area (Å²) in [6.45, 7) is 10.4. The van der Waals surface area contributed by atoms with Gasteiger partial charge in [-0.25, -0.2) is 27.8 Å². The van der Waals surface area contributed by atoms with Crippen LogP contribution < -0.4 is 21.4 Å². The number of H-pyrrole nitrogens is 1. The highest BCUT2D eigenvalue weighted by Gasteiger charge is 2.35. The molecule has 0 saturated heterocycles. The van der Waals surface area contributed by atoms with Crippen LogP contribution in [0.1, 0.15) is 104 Å². The number of rotatable bonds is 19. The molecule has 0 bridgehead atoms. The Labute approximate surface area is 405 Å². The first-order chi connectivity index (χ1) is 32.7. The second-order valence-corrected chi connectivity index (χ2v) is 21.1. The fourth-order valence-electron chi connectivity index (χ4n) is 7.73. The molecule has 0 radical (unpaired) electrons. The lowest BCUT2D eigenvalue weighted by Crippen LogP contribution is -2.51. The number of hydroxylamine groups is 2. The molecule has 6 rings (SSSR count). The van der Waals surface area contributed by atoms with Crippen LogP contribution >= 0.6 is 0 Å². The molecule has 7 N–H and O–H groups in total. The first-order valence-electron chi connectivity index (χ1n) is 23.5.